The Balaban J connectivity index is 0.00000124. The lowest BCUT2D eigenvalue weighted by molar-refractivity contribution is -0.192. The second kappa shape index (κ2) is 8.17. The highest BCUT2D eigenvalue weighted by Gasteiger charge is 2.80. The van der Waals surface area contributed by atoms with Gasteiger partial charge in [0.15, 0.2) is 0 Å². The van der Waals surface area contributed by atoms with Crippen LogP contribution >= 0.6 is 0 Å². The first-order valence-corrected chi connectivity index (χ1v) is 14.4. The molecular formula is C30H50O5. The number of carbonyl (C=O) groups excluding carboxylic acids is 1. The number of aliphatic hydroxyl groups excluding tert-OH is 2. The fourth-order valence-electron chi connectivity index (χ4n) is 11.2. The summed E-state index contributed by atoms with van der Waals surface area (Å²) in [5, 5.41) is 17.8. The van der Waals surface area contributed by atoms with Gasteiger partial charge in [0.1, 0.15) is 5.60 Å². The first-order chi connectivity index (χ1) is 16.4. The molecule has 7 unspecified atom stereocenters. The van der Waals surface area contributed by atoms with Gasteiger partial charge in [-0.25, -0.2) is 0 Å². The Bertz CT molecular complexity index is 852. The zero-order chi connectivity index (χ0) is 25.6. The number of rotatable bonds is 2. The van der Waals surface area contributed by atoms with Crippen LogP contribution in [0.1, 0.15) is 106 Å². The monoisotopic (exact) mass is 490 g/mol. The van der Waals surface area contributed by atoms with Crippen LogP contribution in [0.25, 0.3) is 0 Å². The molecule has 1 heterocycles. The SMILES string of the molecule is CC(=O)OC(C)(C)C1CCC2C(CC3C4CCC5C(C)(C)[C@@H](O)CC[C@@]56CC46CC[C@]23C)O1.CO. The van der Waals surface area contributed by atoms with Crippen LogP contribution in [0.15, 0.2) is 0 Å². The topological polar surface area (TPSA) is 76.0 Å². The van der Waals surface area contributed by atoms with E-state index in [-0.39, 0.29) is 23.6 Å². The van der Waals surface area contributed by atoms with Gasteiger partial charge in [-0.3, -0.25) is 4.79 Å². The first kappa shape index (κ1) is 26.0. The Morgan fingerprint density at radius 3 is 2.29 bits per heavy atom. The molecule has 2 spiro atoms. The number of hydrogen-bond acceptors (Lipinski definition) is 5. The molecule has 0 radical (unpaired) electrons. The summed E-state index contributed by atoms with van der Waals surface area (Å²) in [4.78, 5) is 11.7. The van der Waals surface area contributed by atoms with Crippen molar-refractivity contribution in [3.63, 3.8) is 0 Å². The minimum absolute atomic E-state index is 0.00370. The summed E-state index contributed by atoms with van der Waals surface area (Å²) in [6.07, 6.45) is 12.7. The van der Waals surface area contributed by atoms with Crippen LogP contribution < -0.4 is 0 Å². The van der Waals surface area contributed by atoms with Crippen LogP contribution in [-0.2, 0) is 14.3 Å². The molecule has 5 heteroatoms. The second-order valence-corrected chi connectivity index (χ2v) is 14.5. The van der Waals surface area contributed by atoms with Crippen molar-refractivity contribution < 1.29 is 24.5 Å². The van der Waals surface area contributed by atoms with Crippen molar-refractivity contribution >= 4 is 5.97 Å². The van der Waals surface area contributed by atoms with Gasteiger partial charge in [0.2, 0.25) is 0 Å². The highest BCUT2D eigenvalue weighted by Crippen LogP contribution is 2.87. The number of carbonyl (C=O) groups is 1. The summed E-state index contributed by atoms with van der Waals surface area (Å²) in [6.45, 7) is 12.9. The third-order valence-corrected chi connectivity index (χ3v) is 12.7. The normalized spacial score (nSPS) is 51.3. The highest BCUT2D eigenvalue weighted by molar-refractivity contribution is 5.66. The molecule has 0 aromatic rings. The standard InChI is InChI=1S/C29H46O4.CH4O/c1-17(30)33-26(4,5)24-10-8-19-21(32-24)15-20-18-7-9-22-25(2,3)23(31)11-12-29(22)16-28(18,29)14-13-27(19,20)6;1-2/h18-24,31H,7-16H2,1-6H3;2H,1H3/t18?,19?,20?,21?,22?,23-,24?,27+,28?,29+;/m0./s1. The molecule has 1 aliphatic heterocycles. The van der Waals surface area contributed by atoms with E-state index >= 15 is 0 Å². The van der Waals surface area contributed by atoms with Crippen molar-refractivity contribution in [1.82, 2.24) is 0 Å². The van der Waals surface area contributed by atoms with Crippen LogP contribution in [0.2, 0.25) is 0 Å². The van der Waals surface area contributed by atoms with E-state index in [9.17, 15) is 9.90 Å². The van der Waals surface area contributed by atoms with Crippen molar-refractivity contribution in [3.8, 4) is 0 Å². The van der Waals surface area contributed by atoms with Gasteiger partial charge in [-0.1, -0.05) is 20.8 Å². The second-order valence-electron chi connectivity index (χ2n) is 14.5. The average Bonchev–Trinajstić information content (AvgIpc) is 3.37. The van der Waals surface area contributed by atoms with E-state index in [4.69, 9.17) is 14.6 Å². The summed E-state index contributed by atoms with van der Waals surface area (Å²) in [6, 6.07) is 0. The van der Waals surface area contributed by atoms with Gasteiger partial charge in [0.05, 0.1) is 18.3 Å². The number of ether oxygens (including phenoxy) is 2. The highest BCUT2D eigenvalue weighted by atomic mass is 16.6. The molecule has 1 saturated heterocycles. The van der Waals surface area contributed by atoms with Crippen LogP contribution in [0.5, 0.6) is 0 Å². The lowest BCUT2D eigenvalue weighted by Gasteiger charge is -2.59. The average molecular weight is 491 g/mol. The Morgan fingerprint density at radius 1 is 0.914 bits per heavy atom. The van der Waals surface area contributed by atoms with E-state index in [0.29, 0.717) is 34.2 Å². The Hall–Kier alpha value is -0.650. The Kier molecular flexibility index (Phi) is 6.07. The summed E-state index contributed by atoms with van der Waals surface area (Å²) in [7, 11) is 1.00. The number of fused-ring (bicyclic) bond motifs is 4. The molecule has 0 aromatic carbocycles. The van der Waals surface area contributed by atoms with Crippen LogP contribution in [0.3, 0.4) is 0 Å². The maximum atomic E-state index is 11.7. The fourth-order valence-corrected chi connectivity index (χ4v) is 11.2. The Morgan fingerprint density at radius 2 is 1.60 bits per heavy atom. The number of hydrogen-bond donors (Lipinski definition) is 2. The van der Waals surface area contributed by atoms with Gasteiger partial charge in [-0.2, -0.15) is 0 Å². The molecule has 0 amide bonds. The molecule has 0 bridgehead atoms. The third kappa shape index (κ3) is 3.39. The number of aliphatic hydroxyl groups is 2. The Labute approximate surface area is 212 Å². The molecule has 6 fully saturated rings. The van der Waals surface area contributed by atoms with Gasteiger partial charge < -0.3 is 19.7 Å². The first-order valence-electron chi connectivity index (χ1n) is 14.4. The van der Waals surface area contributed by atoms with Crippen LogP contribution in [-0.4, -0.2) is 47.2 Å². The van der Waals surface area contributed by atoms with Gasteiger partial charge in [-0.05, 0) is 123 Å². The largest absolute Gasteiger partial charge is 0.457 e. The number of esters is 1. The van der Waals surface area contributed by atoms with Crippen molar-refractivity contribution in [2.75, 3.05) is 7.11 Å². The van der Waals surface area contributed by atoms with Crippen molar-refractivity contribution in [2.45, 2.75) is 130 Å². The van der Waals surface area contributed by atoms with Crippen LogP contribution in [0, 0.1) is 45.3 Å². The van der Waals surface area contributed by atoms with E-state index in [1.54, 1.807) is 0 Å². The molecular weight excluding hydrogens is 440 g/mol. The van der Waals surface area contributed by atoms with Gasteiger partial charge in [0.25, 0.3) is 0 Å². The van der Waals surface area contributed by atoms with Gasteiger partial charge in [-0.15, -0.1) is 0 Å². The minimum atomic E-state index is -0.556. The summed E-state index contributed by atoms with van der Waals surface area (Å²) in [5.41, 5.74) is 0.961. The fraction of sp³-hybridized carbons (Fsp3) is 0.967. The molecule has 2 N–H and O–H groups in total. The van der Waals surface area contributed by atoms with E-state index in [1.807, 2.05) is 13.8 Å². The quantitative estimate of drug-likeness (QED) is 0.500. The summed E-state index contributed by atoms with van der Waals surface area (Å²) >= 11 is 0. The van der Waals surface area contributed by atoms with Gasteiger partial charge in [0, 0.05) is 14.0 Å². The smallest absolute Gasteiger partial charge is 0.303 e. The molecule has 6 rings (SSSR count). The molecule has 0 aromatic heterocycles. The zero-order valence-corrected chi connectivity index (χ0v) is 23.2. The predicted molar refractivity (Wildman–Crippen MR) is 136 cm³/mol. The lowest BCUT2D eigenvalue weighted by Crippen LogP contribution is -2.54. The minimum Gasteiger partial charge on any atom is -0.457 e. The molecule has 6 aliphatic rings. The van der Waals surface area contributed by atoms with Crippen molar-refractivity contribution in [1.29, 1.82) is 0 Å². The van der Waals surface area contributed by atoms with Crippen molar-refractivity contribution in [2.24, 2.45) is 45.3 Å². The molecule has 35 heavy (non-hydrogen) atoms. The van der Waals surface area contributed by atoms with Crippen molar-refractivity contribution in [3.05, 3.63) is 0 Å². The molecule has 10 atom stereocenters. The molecule has 200 valence electrons. The third-order valence-electron chi connectivity index (χ3n) is 12.7. The van der Waals surface area contributed by atoms with Crippen LogP contribution in [0.4, 0.5) is 0 Å². The van der Waals surface area contributed by atoms with E-state index in [1.165, 1.54) is 58.3 Å². The van der Waals surface area contributed by atoms with Gasteiger partial charge >= 0.3 is 5.97 Å². The van der Waals surface area contributed by atoms with E-state index < -0.39 is 5.60 Å². The maximum absolute atomic E-state index is 11.7. The van der Waals surface area contributed by atoms with E-state index in [0.717, 1.165) is 31.8 Å². The molecule has 5 aliphatic carbocycles. The molecule has 5 saturated carbocycles. The molecule has 5 nitrogen and oxygen atoms in total. The summed E-state index contributed by atoms with van der Waals surface area (Å²) < 4.78 is 12.5. The lowest BCUT2D eigenvalue weighted by atomic mass is 9.46. The maximum Gasteiger partial charge on any atom is 0.303 e. The zero-order valence-electron chi connectivity index (χ0n) is 23.2. The van der Waals surface area contributed by atoms with E-state index in [2.05, 4.69) is 20.8 Å². The predicted octanol–water partition coefficient (Wildman–Crippen LogP) is 5.50. The summed E-state index contributed by atoms with van der Waals surface area (Å²) in [5.74, 6) is 2.75.